The topological polar surface area (TPSA) is 49.3 Å². The molecule has 0 atom stereocenters. The van der Waals surface area contributed by atoms with Crippen molar-refractivity contribution in [3.63, 3.8) is 0 Å². The van der Waals surface area contributed by atoms with Crippen LogP contribution in [0.4, 0.5) is 0 Å². The molecule has 0 bridgehead atoms. The summed E-state index contributed by atoms with van der Waals surface area (Å²) < 4.78 is 0. The number of nitrogens with one attached hydrogen (secondary N) is 1. The molecule has 1 heterocycles. The fourth-order valence-corrected chi connectivity index (χ4v) is 1.06. The maximum Gasteiger partial charge on any atom is 0.228 e. The third-order valence-electron chi connectivity index (χ3n) is 1.57. The molecule has 0 fully saturated rings. The molecule has 12 heavy (non-hydrogen) atoms. The van der Waals surface area contributed by atoms with E-state index in [-0.39, 0.29) is 11.7 Å². The number of aliphatic hydroxyl groups excluding tert-OH is 1. The third kappa shape index (κ3) is 1.75. The normalized spacial score (nSPS) is 18.1. The van der Waals surface area contributed by atoms with Crippen LogP contribution in [-0.2, 0) is 4.79 Å². The van der Waals surface area contributed by atoms with Crippen molar-refractivity contribution < 1.29 is 9.90 Å². The number of hydrogen-bond acceptors (Lipinski definition) is 2. The molecule has 1 amide bonds. The van der Waals surface area contributed by atoms with Crippen LogP contribution in [0.3, 0.4) is 0 Å². The van der Waals surface area contributed by atoms with Crippen molar-refractivity contribution in [3.8, 4) is 0 Å². The average Bonchev–Trinajstić information content (AvgIpc) is 2.29. The number of rotatable bonds is 2. The highest BCUT2D eigenvalue weighted by Crippen LogP contribution is 2.16. The van der Waals surface area contributed by atoms with Gasteiger partial charge < -0.3 is 10.4 Å². The van der Waals surface area contributed by atoms with E-state index in [1.807, 2.05) is 0 Å². The number of amides is 1. The lowest BCUT2D eigenvalue weighted by Crippen LogP contribution is -2.13. The van der Waals surface area contributed by atoms with Gasteiger partial charge in [-0.3, -0.25) is 4.79 Å². The van der Waals surface area contributed by atoms with E-state index in [9.17, 15) is 4.79 Å². The summed E-state index contributed by atoms with van der Waals surface area (Å²) in [6.07, 6.45) is 3.48. The summed E-state index contributed by atoms with van der Waals surface area (Å²) in [4.78, 5) is 10.9. The van der Waals surface area contributed by atoms with Gasteiger partial charge >= 0.3 is 0 Å². The van der Waals surface area contributed by atoms with Crippen LogP contribution in [0.2, 0.25) is 0 Å². The van der Waals surface area contributed by atoms with Gasteiger partial charge in [0, 0.05) is 5.70 Å². The molecule has 0 saturated heterocycles. The minimum atomic E-state index is -0.0580. The Kier molecular flexibility index (Phi) is 2.33. The lowest BCUT2D eigenvalue weighted by Gasteiger charge is -1.96. The molecular weight excluding hydrogens is 154 g/mol. The minimum absolute atomic E-state index is 0.0580. The van der Waals surface area contributed by atoms with E-state index in [0.29, 0.717) is 12.1 Å². The van der Waals surface area contributed by atoms with Crippen LogP contribution in [-0.4, -0.2) is 11.0 Å². The number of allylic oxidation sites excluding steroid dienone is 3. The van der Waals surface area contributed by atoms with Crippen LogP contribution in [0.25, 0.3) is 0 Å². The minimum Gasteiger partial charge on any atom is -0.513 e. The predicted molar refractivity (Wildman–Crippen MR) is 46.4 cm³/mol. The van der Waals surface area contributed by atoms with Crippen molar-refractivity contribution in [3.05, 3.63) is 35.8 Å². The summed E-state index contributed by atoms with van der Waals surface area (Å²) in [5.41, 5.74) is 1.48. The Balaban J connectivity index is 2.92. The van der Waals surface area contributed by atoms with Gasteiger partial charge in [0.1, 0.15) is 0 Å². The standard InChI is InChI=1S/C9H11NO2/c1-3-7-5-9(12)10-8(7)4-6(2)11/h3-4,11H,1,5H2,2H3,(H,10,12)/b6-4+. The largest absolute Gasteiger partial charge is 0.513 e. The Morgan fingerprint density at radius 2 is 2.42 bits per heavy atom. The molecule has 0 spiro atoms. The predicted octanol–water partition coefficient (Wildman–Crippen LogP) is 1.41. The van der Waals surface area contributed by atoms with Crippen LogP contribution in [0.15, 0.2) is 35.8 Å². The molecule has 3 heteroatoms. The Labute approximate surface area is 71.1 Å². The van der Waals surface area contributed by atoms with E-state index in [1.165, 1.54) is 6.08 Å². The first-order valence-corrected chi connectivity index (χ1v) is 3.66. The zero-order valence-corrected chi connectivity index (χ0v) is 6.92. The Bertz CT molecular complexity index is 283. The van der Waals surface area contributed by atoms with Gasteiger partial charge in [-0.25, -0.2) is 0 Å². The van der Waals surface area contributed by atoms with Crippen molar-refractivity contribution >= 4 is 5.91 Å². The molecule has 0 radical (unpaired) electrons. The molecule has 1 rings (SSSR count). The SMILES string of the molecule is C=CC1=C(/C=C(\C)O)NC(=O)C1. The molecule has 0 aromatic rings. The molecule has 0 unspecified atom stereocenters. The lowest BCUT2D eigenvalue weighted by molar-refractivity contribution is -0.118. The van der Waals surface area contributed by atoms with Crippen molar-refractivity contribution in [1.29, 1.82) is 0 Å². The van der Waals surface area contributed by atoms with Gasteiger partial charge in [-0.2, -0.15) is 0 Å². The van der Waals surface area contributed by atoms with Crippen molar-refractivity contribution in [1.82, 2.24) is 5.32 Å². The van der Waals surface area contributed by atoms with Gasteiger partial charge in [-0.15, -0.1) is 0 Å². The summed E-state index contributed by atoms with van der Waals surface area (Å²) in [6.45, 7) is 5.13. The van der Waals surface area contributed by atoms with Crippen LogP contribution >= 0.6 is 0 Å². The van der Waals surface area contributed by atoms with E-state index in [4.69, 9.17) is 5.11 Å². The van der Waals surface area contributed by atoms with Crippen LogP contribution in [0, 0.1) is 0 Å². The second-order valence-electron chi connectivity index (χ2n) is 2.65. The summed E-state index contributed by atoms with van der Waals surface area (Å²) >= 11 is 0. The van der Waals surface area contributed by atoms with Crippen molar-refractivity contribution in [2.45, 2.75) is 13.3 Å². The molecule has 64 valence electrons. The van der Waals surface area contributed by atoms with E-state index >= 15 is 0 Å². The summed E-state index contributed by atoms with van der Waals surface area (Å²) in [6, 6.07) is 0. The first kappa shape index (κ1) is 8.59. The zero-order valence-electron chi connectivity index (χ0n) is 6.92. The lowest BCUT2D eigenvalue weighted by atomic mass is 10.2. The Morgan fingerprint density at radius 3 is 2.92 bits per heavy atom. The van der Waals surface area contributed by atoms with E-state index < -0.39 is 0 Å². The van der Waals surface area contributed by atoms with Crippen LogP contribution in [0.1, 0.15) is 13.3 Å². The highest BCUT2D eigenvalue weighted by molar-refractivity contribution is 5.85. The third-order valence-corrected chi connectivity index (χ3v) is 1.57. The molecule has 3 nitrogen and oxygen atoms in total. The first-order chi connectivity index (χ1) is 5.63. The molecule has 0 aliphatic carbocycles. The Hall–Kier alpha value is -1.51. The maximum absolute atomic E-state index is 10.9. The Morgan fingerprint density at radius 1 is 1.75 bits per heavy atom. The molecule has 2 N–H and O–H groups in total. The molecule has 0 saturated carbocycles. The van der Waals surface area contributed by atoms with Crippen LogP contribution < -0.4 is 5.32 Å². The fourth-order valence-electron chi connectivity index (χ4n) is 1.06. The average molecular weight is 165 g/mol. The highest BCUT2D eigenvalue weighted by Gasteiger charge is 2.16. The molecule has 1 aliphatic rings. The summed E-state index contributed by atoms with van der Waals surface area (Å²) in [5, 5.41) is 11.6. The molecular formula is C9H11NO2. The molecule has 0 aromatic carbocycles. The molecule has 1 aliphatic heterocycles. The van der Waals surface area contributed by atoms with E-state index in [2.05, 4.69) is 11.9 Å². The van der Waals surface area contributed by atoms with Crippen molar-refractivity contribution in [2.75, 3.05) is 0 Å². The number of aliphatic hydroxyl groups is 1. The molecule has 0 aromatic heterocycles. The second-order valence-corrected chi connectivity index (χ2v) is 2.65. The quantitative estimate of drug-likeness (QED) is 0.608. The van der Waals surface area contributed by atoms with Gasteiger partial charge in [-0.05, 0) is 18.6 Å². The van der Waals surface area contributed by atoms with E-state index in [1.54, 1.807) is 13.0 Å². The highest BCUT2D eigenvalue weighted by atomic mass is 16.3. The first-order valence-electron chi connectivity index (χ1n) is 3.66. The number of hydrogen-bond donors (Lipinski definition) is 2. The van der Waals surface area contributed by atoms with E-state index in [0.717, 1.165) is 5.57 Å². The van der Waals surface area contributed by atoms with Gasteiger partial charge in [0.05, 0.1) is 12.2 Å². The van der Waals surface area contributed by atoms with Gasteiger partial charge in [0.2, 0.25) is 5.91 Å². The second kappa shape index (κ2) is 3.26. The maximum atomic E-state index is 10.9. The zero-order chi connectivity index (χ0) is 9.14. The van der Waals surface area contributed by atoms with Crippen LogP contribution in [0.5, 0.6) is 0 Å². The summed E-state index contributed by atoms with van der Waals surface area (Å²) in [7, 11) is 0. The van der Waals surface area contributed by atoms with Gasteiger partial charge in [0.15, 0.2) is 0 Å². The summed E-state index contributed by atoms with van der Waals surface area (Å²) in [5.74, 6) is 0.115. The number of carbonyl (C=O) groups is 1. The van der Waals surface area contributed by atoms with Gasteiger partial charge in [-0.1, -0.05) is 12.7 Å². The fraction of sp³-hybridized carbons (Fsp3) is 0.222. The monoisotopic (exact) mass is 165 g/mol. The van der Waals surface area contributed by atoms with Crippen molar-refractivity contribution in [2.24, 2.45) is 0 Å². The number of carbonyl (C=O) groups excluding carboxylic acids is 1. The smallest absolute Gasteiger partial charge is 0.228 e. The van der Waals surface area contributed by atoms with Gasteiger partial charge in [0.25, 0.3) is 0 Å².